The number of benzene rings is 1. The highest BCUT2D eigenvalue weighted by molar-refractivity contribution is 6.03. The van der Waals surface area contributed by atoms with Crippen molar-refractivity contribution in [3.05, 3.63) is 29.3 Å². The number of carbonyl (C=O) groups excluding carboxylic acids is 2. The highest BCUT2D eigenvalue weighted by atomic mass is 16.3. The van der Waals surface area contributed by atoms with Gasteiger partial charge in [-0.3, -0.25) is 9.59 Å². The van der Waals surface area contributed by atoms with Gasteiger partial charge in [0.05, 0.1) is 6.54 Å². The topological polar surface area (TPSA) is 122 Å². The van der Waals surface area contributed by atoms with E-state index in [1.807, 2.05) is 0 Å². The number of phenols is 2. The lowest BCUT2D eigenvalue weighted by Gasteiger charge is -2.12. The van der Waals surface area contributed by atoms with Gasteiger partial charge in [0.25, 0.3) is 5.91 Å². The fourth-order valence-corrected chi connectivity index (χ4v) is 2.55. The fourth-order valence-electron chi connectivity index (χ4n) is 2.55. The number of aromatic hydroxyl groups is 2. The molecule has 0 aromatic heterocycles. The van der Waals surface area contributed by atoms with Crippen LogP contribution < -0.4 is 10.6 Å². The lowest BCUT2D eigenvalue weighted by atomic mass is 10.1. The molecule has 0 radical (unpaired) electrons. The number of nitrogens with one attached hydrogen (secondary N) is 2. The molecule has 0 bridgehead atoms. The van der Waals surface area contributed by atoms with Crippen LogP contribution in [0, 0.1) is 11.3 Å². The lowest BCUT2D eigenvalue weighted by Crippen LogP contribution is -2.41. The first-order valence-corrected chi connectivity index (χ1v) is 7.71. The summed E-state index contributed by atoms with van der Waals surface area (Å²) in [7, 11) is 0. The quantitative estimate of drug-likeness (QED) is 0.367. The molecule has 2 amide bonds. The van der Waals surface area contributed by atoms with Gasteiger partial charge in [-0.25, -0.2) is 0 Å². The van der Waals surface area contributed by atoms with Gasteiger partial charge in [-0.1, -0.05) is 18.9 Å². The number of phenolic OH excluding ortho intramolecular Hbond substituents is 2. The Morgan fingerprint density at radius 1 is 1.25 bits per heavy atom. The van der Waals surface area contributed by atoms with E-state index in [2.05, 4.69) is 10.6 Å². The van der Waals surface area contributed by atoms with Crippen molar-refractivity contribution in [2.45, 2.75) is 31.7 Å². The predicted octanol–water partition coefficient (Wildman–Crippen LogP) is 1.18. The maximum atomic E-state index is 12.0. The van der Waals surface area contributed by atoms with E-state index in [4.69, 9.17) is 5.26 Å². The van der Waals surface area contributed by atoms with Crippen molar-refractivity contribution in [2.75, 3.05) is 6.54 Å². The molecule has 0 spiro atoms. The lowest BCUT2D eigenvalue weighted by molar-refractivity contribution is -0.124. The molecule has 0 heterocycles. The molecule has 4 N–H and O–H groups in total. The van der Waals surface area contributed by atoms with Crippen molar-refractivity contribution in [2.24, 2.45) is 0 Å². The maximum absolute atomic E-state index is 12.0. The summed E-state index contributed by atoms with van der Waals surface area (Å²) in [4.78, 5) is 23.7. The third kappa shape index (κ3) is 4.74. The Balaban J connectivity index is 1.93. The van der Waals surface area contributed by atoms with Gasteiger partial charge in [0.1, 0.15) is 11.6 Å². The molecule has 7 nitrogen and oxygen atoms in total. The van der Waals surface area contributed by atoms with Crippen molar-refractivity contribution in [1.82, 2.24) is 10.6 Å². The van der Waals surface area contributed by atoms with Crippen molar-refractivity contribution < 1.29 is 19.8 Å². The Morgan fingerprint density at radius 3 is 2.58 bits per heavy atom. The van der Waals surface area contributed by atoms with Crippen molar-refractivity contribution >= 4 is 17.9 Å². The molecule has 7 heteroatoms. The minimum atomic E-state index is -0.674. The molecule has 1 fully saturated rings. The normalized spacial score (nSPS) is 14.9. The number of nitrogens with zero attached hydrogens (tertiary/aromatic N) is 1. The average Bonchev–Trinajstić information content (AvgIpc) is 3.06. The van der Waals surface area contributed by atoms with E-state index < -0.39 is 5.91 Å². The Bertz CT molecular complexity index is 700. The van der Waals surface area contributed by atoms with Crippen LogP contribution in [0.2, 0.25) is 0 Å². The van der Waals surface area contributed by atoms with Crippen molar-refractivity contribution in [3.8, 4) is 17.6 Å². The summed E-state index contributed by atoms with van der Waals surface area (Å²) < 4.78 is 0. The maximum Gasteiger partial charge on any atom is 0.262 e. The minimum Gasteiger partial charge on any atom is -0.504 e. The molecule has 1 aliphatic rings. The molecular formula is C17H19N3O4. The number of amides is 2. The molecule has 0 unspecified atom stereocenters. The second kappa shape index (κ2) is 8.02. The van der Waals surface area contributed by atoms with E-state index in [1.165, 1.54) is 24.3 Å². The summed E-state index contributed by atoms with van der Waals surface area (Å²) in [6, 6.07) is 5.85. The SMILES string of the molecule is N#C/C(=C\c1ccc(O)c(O)c1)C(=O)NCC(=O)NC1CCCC1. The summed E-state index contributed by atoms with van der Waals surface area (Å²) in [6.45, 7) is -0.199. The molecule has 1 aromatic carbocycles. The molecule has 0 aliphatic heterocycles. The third-order valence-corrected chi connectivity index (χ3v) is 3.81. The Morgan fingerprint density at radius 2 is 1.96 bits per heavy atom. The smallest absolute Gasteiger partial charge is 0.262 e. The molecule has 1 aliphatic carbocycles. The molecule has 0 atom stereocenters. The van der Waals surface area contributed by atoms with Gasteiger partial charge >= 0.3 is 0 Å². The molecular weight excluding hydrogens is 310 g/mol. The Kier molecular flexibility index (Phi) is 5.79. The van der Waals surface area contributed by atoms with Gasteiger partial charge in [0.15, 0.2) is 11.5 Å². The number of rotatable bonds is 5. The first kappa shape index (κ1) is 17.3. The largest absolute Gasteiger partial charge is 0.504 e. The van der Waals surface area contributed by atoms with Gasteiger partial charge in [0, 0.05) is 6.04 Å². The average molecular weight is 329 g/mol. The van der Waals surface area contributed by atoms with Crippen LogP contribution >= 0.6 is 0 Å². The van der Waals surface area contributed by atoms with Gasteiger partial charge in [-0.2, -0.15) is 5.26 Å². The van der Waals surface area contributed by atoms with Crippen LogP contribution in [-0.4, -0.2) is 34.6 Å². The first-order chi connectivity index (χ1) is 11.5. The number of nitriles is 1. The summed E-state index contributed by atoms with van der Waals surface area (Å²) in [6.07, 6.45) is 5.36. The Hall–Kier alpha value is -3.01. The molecule has 24 heavy (non-hydrogen) atoms. The van der Waals surface area contributed by atoms with Crippen LogP contribution in [0.15, 0.2) is 23.8 Å². The van der Waals surface area contributed by atoms with Crippen LogP contribution in [0.4, 0.5) is 0 Å². The zero-order valence-corrected chi connectivity index (χ0v) is 13.1. The second-order valence-electron chi connectivity index (χ2n) is 5.65. The van der Waals surface area contributed by atoms with E-state index in [0.717, 1.165) is 25.7 Å². The van der Waals surface area contributed by atoms with E-state index in [0.29, 0.717) is 5.56 Å². The highest BCUT2D eigenvalue weighted by Gasteiger charge is 2.18. The summed E-state index contributed by atoms with van der Waals surface area (Å²) >= 11 is 0. The third-order valence-electron chi connectivity index (χ3n) is 3.81. The van der Waals surface area contributed by atoms with Crippen LogP contribution in [0.1, 0.15) is 31.2 Å². The van der Waals surface area contributed by atoms with Gasteiger partial charge < -0.3 is 20.8 Å². The van der Waals surface area contributed by atoms with E-state index in [1.54, 1.807) is 6.07 Å². The van der Waals surface area contributed by atoms with Crippen LogP contribution in [0.3, 0.4) is 0 Å². The summed E-state index contributed by atoms with van der Waals surface area (Å²) in [5.74, 6) is -1.60. The number of carbonyl (C=O) groups is 2. The molecule has 2 rings (SSSR count). The fraction of sp³-hybridized carbons (Fsp3) is 0.353. The molecule has 126 valence electrons. The van der Waals surface area contributed by atoms with E-state index >= 15 is 0 Å². The predicted molar refractivity (Wildman–Crippen MR) is 86.8 cm³/mol. The number of hydrogen-bond donors (Lipinski definition) is 4. The molecule has 1 aromatic rings. The first-order valence-electron chi connectivity index (χ1n) is 7.71. The summed E-state index contributed by atoms with van der Waals surface area (Å²) in [5.41, 5.74) is 0.182. The second-order valence-corrected chi connectivity index (χ2v) is 5.65. The minimum absolute atomic E-state index is 0.167. The van der Waals surface area contributed by atoms with E-state index in [-0.39, 0.29) is 35.6 Å². The van der Waals surface area contributed by atoms with Crippen molar-refractivity contribution in [1.29, 1.82) is 5.26 Å². The Labute approximate surface area is 139 Å². The van der Waals surface area contributed by atoms with Crippen molar-refractivity contribution in [3.63, 3.8) is 0 Å². The monoisotopic (exact) mass is 329 g/mol. The van der Waals surface area contributed by atoms with Gasteiger partial charge in [-0.15, -0.1) is 0 Å². The number of hydrogen-bond acceptors (Lipinski definition) is 5. The standard InChI is InChI=1S/C17H19N3O4/c18-9-12(7-11-5-6-14(21)15(22)8-11)17(24)19-10-16(23)20-13-3-1-2-4-13/h5-8,13,21-22H,1-4,10H2,(H,19,24)(H,20,23)/b12-7+. The zero-order chi connectivity index (χ0) is 17.5. The molecule has 0 saturated heterocycles. The van der Waals surface area contributed by atoms with Crippen LogP contribution in [0.25, 0.3) is 6.08 Å². The molecule has 1 saturated carbocycles. The highest BCUT2D eigenvalue weighted by Crippen LogP contribution is 2.25. The summed E-state index contributed by atoms with van der Waals surface area (Å²) in [5, 5.41) is 33.0. The van der Waals surface area contributed by atoms with Gasteiger partial charge in [0.2, 0.25) is 5.91 Å². The van der Waals surface area contributed by atoms with Crippen LogP contribution in [0.5, 0.6) is 11.5 Å². The van der Waals surface area contributed by atoms with Crippen LogP contribution in [-0.2, 0) is 9.59 Å². The zero-order valence-electron chi connectivity index (χ0n) is 13.1. The van der Waals surface area contributed by atoms with Gasteiger partial charge in [-0.05, 0) is 36.6 Å². The van der Waals surface area contributed by atoms with E-state index in [9.17, 15) is 19.8 Å².